The number of hydrogen-bond acceptors (Lipinski definition) is 4. The second-order valence-corrected chi connectivity index (χ2v) is 7.79. The van der Waals surface area contributed by atoms with Crippen LogP contribution in [0.4, 0.5) is 0 Å². The third kappa shape index (κ3) is 3.12. The highest BCUT2D eigenvalue weighted by molar-refractivity contribution is 5.94. The third-order valence-electron chi connectivity index (χ3n) is 5.82. The van der Waals surface area contributed by atoms with Crippen LogP contribution in [0.25, 0.3) is 0 Å². The van der Waals surface area contributed by atoms with Gasteiger partial charge in [-0.1, -0.05) is 18.2 Å². The predicted molar refractivity (Wildman–Crippen MR) is 102 cm³/mol. The van der Waals surface area contributed by atoms with Gasteiger partial charge in [0.05, 0.1) is 25.0 Å². The molecule has 1 aromatic carbocycles. The monoisotopic (exact) mass is 369 g/mol. The summed E-state index contributed by atoms with van der Waals surface area (Å²) in [7, 11) is 3.53. The lowest BCUT2D eigenvalue weighted by Gasteiger charge is -2.25. The molecule has 0 bridgehead atoms. The topological polar surface area (TPSA) is 65.4 Å². The summed E-state index contributed by atoms with van der Waals surface area (Å²) >= 11 is 0. The fourth-order valence-corrected chi connectivity index (χ4v) is 4.26. The number of benzene rings is 1. The van der Waals surface area contributed by atoms with Crippen molar-refractivity contribution in [3.63, 3.8) is 0 Å². The molecule has 6 nitrogen and oxygen atoms in total. The Balaban J connectivity index is 1.54. The minimum atomic E-state index is -0.0835. The molecule has 1 fully saturated rings. The van der Waals surface area contributed by atoms with Crippen molar-refractivity contribution < 1.29 is 14.3 Å². The van der Waals surface area contributed by atoms with Crippen LogP contribution in [0.2, 0.25) is 0 Å². The Bertz CT molecular complexity index is 870. The summed E-state index contributed by atoms with van der Waals surface area (Å²) in [4.78, 5) is 13.0. The molecular weight excluding hydrogens is 342 g/mol. The van der Waals surface area contributed by atoms with Crippen molar-refractivity contribution in [3.05, 3.63) is 46.8 Å². The van der Waals surface area contributed by atoms with Crippen LogP contribution in [-0.2, 0) is 23.6 Å². The zero-order valence-corrected chi connectivity index (χ0v) is 16.4. The van der Waals surface area contributed by atoms with Crippen molar-refractivity contribution in [2.45, 2.75) is 50.7 Å². The Kier molecular flexibility index (Phi) is 4.46. The molecule has 2 aliphatic rings. The quantitative estimate of drug-likeness (QED) is 0.880. The summed E-state index contributed by atoms with van der Waals surface area (Å²) in [6, 6.07) is 8.09. The van der Waals surface area contributed by atoms with Crippen LogP contribution in [0, 0.1) is 0 Å². The molecular formula is C21H27N3O3. The molecule has 0 unspecified atom stereocenters. The van der Waals surface area contributed by atoms with E-state index in [1.807, 2.05) is 39.1 Å². The van der Waals surface area contributed by atoms with Gasteiger partial charge in [-0.05, 0) is 32.8 Å². The number of fused-ring (bicyclic) bond motifs is 1. The van der Waals surface area contributed by atoms with E-state index in [0.717, 1.165) is 29.8 Å². The molecule has 1 aliphatic carbocycles. The van der Waals surface area contributed by atoms with E-state index < -0.39 is 0 Å². The molecule has 144 valence electrons. The number of carbonyl (C=O) groups is 1. The Hall–Kier alpha value is -2.34. The molecule has 0 saturated heterocycles. The van der Waals surface area contributed by atoms with Crippen molar-refractivity contribution in [1.82, 2.24) is 15.1 Å². The second kappa shape index (κ2) is 6.68. The van der Waals surface area contributed by atoms with E-state index >= 15 is 0 Å². The van der Waals surface area contributed by atoms with Crippen molar-refractivity contribution in [2.24, 2.45) is 7.05 Å². The SMILES string of the molecule is COc1ccccc1C1(CNC(=O)c2c3c(nn2C)[C@H](C)O[C@H](C)C3)CC1. The number of methoxy groups -OCH3 is 1. The Morgan fingerprint density at radius 1 is 1.37 bits per heavy atom. The fourth-order valence-electron chi connectivity index (χ4n) is 4.26. The Labute approximate surface area is 159 Å². The minimum absolute atomic E-state index is 0.0232. The number of nitrogens with one attached hydrogen (secondary N) is 1. The molecule has 1 saturated carbocycles. The van der Waals surface area contributed by atoms with Crippen LogP contribution < -0.4 is 10.1 Å². The number of amides is 1. The van der Waals surface area contributed by atoms with Gasteiger partial charge in [0.15, 0.2) is 0 Å². The highest BCUT2D eigenvalue weighted by atomic mass is 16.5. The predicted octanol–water partition coefficient (Wildman–Crippen LogP) is 2.91. The van der Waals surface area contributed by atoms with Gasteiger partial charge in [0, 0.05) is 36.6 Å². The lowest BCUT2D eigenvalue weighted by Crippen LogP contribution is -2.34. The van der Waals surface area contributed by atoms with Gasteiger partial charge in [0.2, 0.25) is 0 Å². The molecule has 1 amide bonds. The lowest BCUT2D eigenvalue weighted by molar-refractivity contribution is -0.00710. The molecule has 6 heteroatoms. The number of aryl methyl sites for hydroxylation is 1. The van der Waals surface area contributed by atoms with Gasteiger partial charge in [0.25, 0.3) is 5.91 Å². The highest BCUT2D eigenvalue weighted by Gasteiger charge is 2.46. The zero-order valence-electron chi connectivity index (χ0n) is 16.4. The normalized spacial score (nSPS) is 22.8. The van der Waals surface area contributed by atoms with Crippen molar-refractivity contribution in [2.75, 3.05) is 13.7 Å². The average Bonchev–Trinajstić information content (AvgIpc) is 3.36. The maximum Gasteiger partial charge on any atom is 0.269 e. The summed E-state index contributed by atoms with van der Waals surface area (Å²) in [6.45, 7) is 4.63. The molecule has 4 rings (SSSR count). The number of aromatic nitrogens is 2. The molecule has 2 heterocycles. The molecule has 0 radical (unpaired) electrons. The third-order valence-corrected chi connectivity index (χ3v) is 5.82. The second-order valence-electron chi connectivity index (χ2n) is 7.79. The van der Waals surface area contributed by atoms with Crippen molar-refractivity contribution in [1.29, 1.82) is 0 Å². The molecule has 2 atom stereocenters. The fraction of sp³-hybridized carbons (Fsp3) is 0.524. The van der Waals surface area contributed by atoms with E-state index in [1.54, 1.807) is 11.8 Å². The first kappa shape index (κ1) is 18.0. The minimum Gasteiger partial charge on any atom is -0.496 e. The first-order chi connectivity index (χ1) is 12.9. The number of nitrogens with zero attached hydrogens (tertiary/aromatic N) is 2. The van der Waals surface area contributed by atoms with Gasteiger partial charge in [-0.25, -0.2) is 0 Å². The van der Waals surface area contributed by atoms with Crippen molar-refractivity contribution in [3.8, 4) is 5.75 Å². The molecule has 1 aliphatic heterocycles. The number of hydrogen-bond donors (Lipinski definition) is 1. The Morgan fingerprint density at radius 2 is 2.11 bits per heavy atom. The van der Waals surface area contributed by atoms with Crippen LogP contribution >= 0.6 is 0 Å². The van der Waals surface area contributed by atoms with Gasteiger partial charge < -0.3 is 14.8 Å². The molecule has 1 N–H and O–H groups in total. The first-order valence-corrected chi connectivity index (χ1v) is 9.58. The largest absolute Gasteiger partial charge is 0.496 e. The van der Waals surface area contributed by atoms with Crippen LogP contribution in [0.1, 0.15) is 60.1 Å². The maximum absolute atomic E-state index is 13.0. The van der Waals surface area contributed by atoms with Crippen molar-refractivity contribution >= 4 is 5.91 Å². The molecule has 0 spiro atoms. The molecule has 1 aromatic heterocycles. The van der Waals surface area contributed by atoms with Gasteiger partial charge >= 0.3 is 0 Å². The Morgan fingerprint density at radius 3 is 2.81 bits per heavy atom. The maximum atomic E-state index is 13.0. The summed E-state index contributed by atoms with van der Waals surface area (Å²) in [5.74, 6) is 0.829. The average molecular weight is 369 g/mol. The summed E-state index contributed by atoms with van der Waals surface area (Å²) in [6.07, 6.45) is 2.83. The van der Waals surface area contributed by atoms with Gasteiger partial charge in [-0.15, -0.1) is 0 Å². The molecule has 27 heavy (non-hydrogen) atoms. The van der Waals surface area contributed by atoms with Crippen LogP contribution in [0.5, 0.6) is 5.75 Å². The summed E-state index contributed by atoms with van der Waals surface area (Å²) in [5, 5.41) is 7.71. The molecule has 2 aromatic rings. The number of rotatable bonds is 5. The standard InChI is InChI=1S/C21H27N3O3/c1-13-11-15-18(14(2)27-13)23-24(3)19(15)20(25)22-12-21(9-10-21)16-7-5-6-8-17(16)26-4/h5-8,13-14H,9-12H2,1-4H3,(H,22,25)/t13-,14+/m1/s1. The van der Waals surface area contributed by atoms with Gasteiger partial charge in [-0.2, -0.15) is 5.10 Å². The zero-order chi connectivity index (χ0) is 19.2. The van der Waals surface area contributed by atoms with E-state index in [1.165, 1.54) is 5.56 Å². The summed E-state index contributed by atoms with van der Waals surface area (Å²) in [5.41, 5.74) is 3.71. The number of carbonyl (C=O) groups excluding carboxylic acids is 1. The van der Waals surface area contributed by atoms with E-state index in [0.29, 0.717) is 18.7 Å². The highest BCUT2D eigenvalue weighted by Crippen LogP contribution is 2.50. The smallest absolute Gasteiger partial charge is 0.269 e. The van der Waals surface area contributed by atoms with E-state index in [2.05, 4.69) is 16.5 Å². The first-order valence-electron chi connectivity index (χ1n) is 9.58. The van der Waals surface area contributed by atoms with Crippen LogP contribution in [0.15, 0.2) is 24.3 Å². The van der Waals surface area contributed by atoms with Crippen LogP contribution in [-0.4, -0.2) is 35.4 Å². The van der Waals surface area contributed by atoms with Gasteiger partial charge in [0.1, 0.15) is 11.4 Å². The lowest BCUT2D eigenvalue weighted by atomic mass is 9.94. The summed E-state index contributed by atoms with van der Waals surface area (Å²) < 4.78 is 13.1. The van der Waals surface area contributed by atoms with E-state index in [9.17, 15) is 4.79 Å². The van der Waals surface area contributed by atoms with E-state index in [-0.39, 0.29) is 23.5 Å². The van der Waals surface area contributed by atoms with E-state index in [4.69, 9.17) is 9.47 Å². The van der Waals surface area contributed by atoms with Gasteiger partial charge in [-0.3, -0.25) is 9.48 Å². The number of ether oxygens (including phenoxy) is 2. The number of para-hydroxylation sites is 1. The van der Waals surface area contributed by atoms with Crippen LogP contribution in [0.3, 0.4) is 0 Å².